The zero-order chi connectivity index (χ0) is 12.1. The van der Waals surface area contributed by atoms with Crippen LogP contribution in [0.1, 0.15) is 31.2 Å². The van der Waals surface area contributed by atoms with Crippen molar-refractivity contribution in [2.24, 2.45) is 11.7 Å². The first kappa shape index (κ1) is 12.4. The van der Waals surface area contributed by atoms with Crippen LogP contribution in [0.2, 0.25) is 0 Å². The fourth-order valence-corrected chi connectivity index (χ4v) is 2.65. The minimum Gasteiger partial charge on any atom is -0.392 e. The van der Waals surface area contributed by atoms with Gasteiger partial charge in [0, 0.05) is 11.7 Å². The Labute approximate surface area is 103 Å². The molecule has 4 N–H and O–H groups in total. The van der Waals surface area contributed by atoms with E-state index in [0.717, 1.165) is 17.8 Å². The van der Waals surface area contributed by atoms with Gasteiger partial charge in [-0.15, -0.1) is 0 Å². The lowest BCUT2D eigenvalue weighted by atomic mass is 9.84. The summed E-state index contributed by atoms with van der Waals surface area (Å²) in [6.07, 6.45) is 5.02. The average molecular weight is 234 g/mol. The summed E-state index contributed by atoms with van der Waals surface area (Å²) < 4.78 is 0. The Morgan fingerprint density at radius 2 is 2.12 bits per heavy atom. The molecule has 17 heavy (non-hydrogen) atoms. The van der Waals surface area contributed by atoms with Crippen LogP contribution in [-0.4, -0.2) is 17.7 Å². The average Bonchev–Trinajstić information content (AvgIpc) is 2.39. The summed E-state index contributed by atoms with van der Waals surface area (Å²) in [5, 5.41) is 12.7. The van der Waals surface area contributed by atoms with Crippen LogP contribution in [0.3, 0.4) is 0 Å². The van der Waals surface area contributed by atoms with Gasteiger partial charge in [0.15, 0.2) is 0 Å². The highest BCUT2D eigenvalue weighted by Crippen LogP contribution is 2.26. The second-order valence-corrected chi connectivity index (χ2v) is 4.89. The van der Waals surface area contributed by atoms with Crippen molar-refractivity contribution in [1.82, 2.24) is 0 Å². The van der Waals surface area contributed by atoms with Crippen molar-refractivity contribution in [3.05, 3.63) is 29.8 Å². The molecule has 0 aromatic heterocycles. The van der Waals surface area contributed by atoms with Crippen LogP contribution in [-0.2, 0) is 6.61 Å². The maximum atomic E-state index is 9.12. The summed E-state index contributed by atoms with van der Waals surface area (Å²) in [7, 11) is 0. The van der Waals surface area contributed by atoms with Gasteiger partial charge < -0.3 is 16.2 Å². The minimum absolute atomic E-state index is 0.0977. The SMILES string of the molecule is NCC1CCCCC1Nc1cccc(CO)c1. The molecule has 94 valence electrons. The number of aliphatic hydroxyl groups is 1. The molecule has 1 fully saturated rings. The third-order valence-corrected chi connectivity index (χ3v) is 3.67. The van der Waals surface area contributed by atoms with Crippen molar-refractivity contribution in [2.45, 2.75) is 38.3 Å². The van der Waals surface area contributed by atoms with Gasteiger partial charge in [0.25, 0.3) is 0 Å². The summed E-state index contributed by atoms with van der Waals surface area (Å²) in [4.78, 5) is 0. The zero-order valence-electron chi connectivity index (χ0n) is 10.2. The number of aliphatic hydroxyl groups excluding tert-OH is 1. The quantitative estimate of drug-likeness (QED) is 0.748. The molecule has 0 amide bonds. The molecule has 1 aliphatic rings. The molecule has 3 heteroatoms. The summed E-state index contributed by atoms with van der Waals surface area (Å²) in [5.74, 6) is 0.585. The Morgan fingerprint density at radius 1 is 1.29 bits per heavy atom. The highest BCUT2D eigenvalue weighted by atomic mass is 16.3. The fourth-order valence-electron chi connectivity index (χ4n) is 2.65. The molecule has 2 unspecified atom stereocenters. The molecular weight excluding hydrogens is 212 g/mol. The Hall–Kier alpha value is -1.06. The molecule has 2 atom stereocenters. The molecule has 1 aromatic rings. The van der Waals surface area contributed by atoms with Crippen molar-refractivity contribution < 1.29 is 5.11 Å². The number of benzene rings is 1. The van der Waals surface area contributed by atoms with Gasteiger partial charge in [-0.2, -0.15) is 0 Å². The molecule has 0 radical (unpaired) electrons. The van der Waals surface area contributed by atoms with Crippen molar-refractivity contribution in [2.75, 3.05) is 11.9 Å². The van der Waals surface area contributed by atoms with Crippen LogP contribution < -0.4 is 11.1 Å². The maximum absolute atomic E-state index is 9.12. The van der Waals surface area contributed by atoms with Crippen molar-refractivity contribution in [3.63, 3.8) is 0 Å². The number of rotatable bonds is 4. The highest BCUT2D eigenvalue weighted by Gasteiger charge is 2.23. The Kier molecular flexibility index (Phi) is 4.40. The standard InChI is InChI=1S/C14H22N2O/c15-9-12-5-1-2-7-14(12)16-13-6-3-4-11(8-13)10-17/h3-4,6,8,12,14,16-17H,1-2,5,7,9-10,15H2. The molecule has 0 heterocycles. The van der Waals surface area contributed by atoms with E-state index in [-0.39, 0.29) is 6.61 Å². The second-order valence-electron chi connectivity index (χ2n) is 4.89. The van der Waals surface area contributed by atoms with Gasteiger partial charge in [-0.25, -0.2) is 0 Å². The lowest BCUT2D eigenvalue weighted by Crippen LogP contribution is -2.36. The number of anilines is 1. The Bertz CT molecular complexity index is 354. The number of nitrogens with two attached hydrogens (primary N) is 1. The topological polar surface area (TPSA) is 58.3 Å². The van der Waals surface area contributed by atoms with E-state index in [1.54, 1.807) is 0 Å². The van der Waals surface area contributed by atoms with Gasteiger partial charge in [-0.3, -0.25) is 0 Å². The molecule has 0 spiro atoms. The third kappa shape index (κ3) is 3.20. The highest BCUT2D eigenvalue weighted by molar-refractivity contribution is 5.46. The van der Waals surface area contributed by atoms with E-state index < -0.39 is 0 Å². The van der Waals surface area contributed by atoms with E-state index in [1.165, 1.54) is 25.7 Å². The molecule has 2 rings (SSSR count). The lowest BCUT2D eigenvalue weighted by Gasteiger charge is -2.32. The van der Waals surface area contributed by atoms with Crippen molar-refractivity contribution >= 4 is 5.69 Å². The third-order valence-electron chi connectivity index (χ3n) is 3.67. The van der Waals surface area contributed by atoms with Gasteiger partial charge in [0.1, 0.15) is 0 Å². The van der Waals surface area contributed by atoms with Gasteiger partial charge in [-0.1, -0.05) is 25.0 Å². The van der Waals surface area contributed by atoms with Gasteiger partial charge in [0.05, 0.1) is 6.61 Å². The van der Waals surface area contributed by atoms with Crippen LogP contribution >= 0.6 is 0 Å². The Morgan fingerprint density at radius 3 is 2.88 bits per heavy atom. The van der Waals surface area contributed by atoms with E-state index in [0.29, 0.717) is 12.0 Å². The molecule has 1 aliphatic carbocycles. The summed E-state index contributed by atoms with van der Waals surface area (Å²) in [6.45, 7) is 0.859. The van der Waals surface area contributed by atoms with Gasteiger partial charge in [0.2, 0.25) is 0 Å². The monoisotopic (exact) mass is 234 g/mol. The first-order chi connectivity index (χ1) is 8.33. The van der Waals surface area contributed by atoms with Crippen molar-refractivity contribution in [3.8, 4) is 0 Å². The number of nitrogens with one attached hydrogen (secondary N) is 1. The van der Waals surface area contributed by atoms with Crippen LogP contribution in [0.4, 0.5) is 5.69 Å². The molecule has 0 bridgehead atoms. The van der Waals surface area contributed by atoms with E-state index >= 15 is 0 Å². The largest absolute Gasteiger partial charge is 0.392 e. The van der Waals surface area contributed by atoms with Crippen LogP contribution in [0.5, 0.6) is 0 Å². The summed E-state index contributed by atoms with van der Waals surface area (Å²) in [6, 6.07) is 8.48. The molecule has 0 saturated heterocycles. The van der Waals surface area contributed by atoms with E-state index in [9.17, 15) is 0 Å². The van der Waals surface area contributed by atoms with Gasteiger partial charge >= 0.3 is 0 Å². The molecular formula is C14H22N2O. The Balaban J connectivity index is 2.02. The normalized spacial score (nSPS) is 24.6. The summed E-state index contributed by atoms with van der Waals surface area (Å²) in [5.41, 5.74) is 7.88. The van der Waals surface area contributed by atoms with E-state index in [1.807, 2.05) is 18.2 Å². The van der Waals surface area contributed by atoms with Crippen LogP contribution in [0, 0.1) is 5.92 Å². The zero-order valence-corrected chi connectivity index (χ0v) is 10.2. The van der Waals surface area contributed by atoms with Gasteiger partial charge in [-0.05, 0) is 43.0 Å². The second kappa shape index (κ2) is 6.03. The summed E-state index contributed by atoms with van der Waals surface area (Å²) >= 11 is 0. The van der Waals surface area contributed by atoms with E-state index in [2.05, 4.69) is 11.4 Å². The number of hydrogen-bond donors (Lipinski definition) is 3. The van der Waals surface area contributed by atoms with Crippen molar-refractivity contribution in [1.29, 1.82) is 0 Å². The molecule has 1 saturated carbocycles. The predicted octanol–water partition coefficient (Wildman–Crippen LogP) is 2.11. The smallest absolute Gasteiger partial charge is 0.0682 e. The first-order valence-electron chi connectivity index (χ1n) is 6.50. The van der Waals surface area contributed by atoms with Crippen LogP contribution in [0.25, 0.3) is 0 Å². The fraction of sp³-hybridized carbons (Fsp3) is 0.571. The molecule has 1 aromatic carbocycles. The predicted molar refractivity (Wildman–Crippen MR) is 70.8 cm³/mol. The lowest BCUT2D eigenvalue weighted by molar-refractivity contribution is 0.282. The first-order valence-corrected chi connectivity index (χ1v) is 6.50. The van der Waals surface area contributed by atoms with Crippen LogP contribution in [0.15, 0.2) is 24.3 Å². The number of hydrogen-bond acceptors (Lipinski definition) is 3. The molecule has 0 aliphatic heterocycles. The minimum atomic E-state index is 0.0977. The molecule has 3 nitrogen and oxygen atoms in total. The van der Waals surface area contributed by atoms with E-state index in [4.69, 9.17) is 10.8 Å². The maximum Gasteiger partial charge on any atom is 0.0682 e.